The van der Waals surface area contributed by atoms with Crippen LogP contribution in [-0.4, -0.2) is 43.0 Å². The minimum atomic E-state index is -1.31. The minimum absolute atomic E-state index is 0.359. The van der Waals surface area contributed by atoms with E-state index in [1.165, 1.54) is 6.92 Å². The van der Waals surface area contributed by atoms with Gasteiger partial charge in [-0.25, -0.2) is 4.79 Å². The fourth-order valence-electron chi connectivity index (χ4n) is 2.23. The Morgan fingerprint density at radius 3 is 2.11 bits per heavy atom. The van der Waals surface area contributed by atoms with Crippen molar-refractivity contribution < 1.29 is 19.8 Å². The summed E-state index contributed by atoms with van der Waals surface area (Å²) in [5.74, 6) is -1.64. The van der Waals surface area contributed by atoms with E-state index in [4.69, 9.17) is 16.7 Å². The molecular formula is C20H32ClNO4Si. The first-order valence-electron chi connectivity index (χ1n) is 9.29. The van der Waals surface area contributed by atoms with Crippen LogP contribution in [0.2, 0.25) is 23.2 Å². The molecule has 152 valence electrons. The SMILES string of the molecule is CC(O)[C@H](NC(=O)C1(c2cccc(Cl)c2)CC1)C(=O)O.C[SiH](C)C(C)(C)C. The maximum absolute atomic E-state index is 12.3. The van der Waals surface area contributed by atoms with Crippen LogP contribution in [0.3, 0.4) is 0 Å². The largest absolute Gasteiger partial charge is 0.480 e. The second-order valence-corrected chi connectivity index (χ2v) is 13.1. The third-order valence-electron chi connectivity index (χ3n) is 5.33. The molecule has 0 radical (unpaired) electrons. The van der Waals surface area contributed by atoms with E-state index in [9.17, 15) is 14.7 Å². The summed E-state index contributed by atoms with van der Waals surface area (Å²) in [5, 5.41) is 22.0. The van der Waals surface area contributed by atoms with Crippen LogP contribution in [-0.2, 0) is 15.0 Å². The van der Waals surface area contributed by atoms with Crippen LogP contribution in [0.4, 0.5) is 0 Å². The fourth-order valence-corrected chi connectivity index (χ4v) is 2.42. The molecule has 2 rings (SSSR count). The number of hydrogen-bond donors (Lipinski definition) is 3. The predicted octanol–water partition coefficient (Wildman–Crippen LogP) is 3.60. The van der Waals surface area contributed by atoms with Crippen LogP contribution in [0.5, 0.6) is 0 Å². The van der Waals surface area contributed by atoms with E-state index in [1.54, 1.807) is 24.3 Å². The molecule has 1 aliphatic carbocycles. The molecule has 0 saturated heterocycles. The smallest absolute Gasteiger partial charge is 0.328 e. The Bertz CT molecular complexity index is 666. The van der Waals surface area contributed by atoms with E-state index < -0.39 is 23.5 Å². The summed E-state index contributed by atoms with van der Waals surface area (Å²) in [6, 6.07) is 5.69. The molecule has 1 unspecified atom stereocenters. The fraction of sp³-hybridized carbons (Fsp3) is 0.600. The lowest BCUT2D eigenvalue weighted by Crippen LogP contribution is -2.50. The van der Waals surface area contributed by atoms with Gasteiger partial charge in [-0.15, -0.1) is 0 Å². The van der Waals surface area contributed by atoms with Gasteiger partial charge in [0.25, 0.3) is 0 Å². The molecule has 0 aromatic heterocycles. The molecule has 0 aliphatic heterocycles. The lowest BCUT2D eigenvalue weighted by Gasteiger charge is -2.21. The number of nitrogens with one attached hydrogen (secondary N) is 1. The molecule has 1 aliphatic rings. The summed E-state index contributed by atoms with van der Waals surface area (Å²) in [7, 11) is -0.359. The molecule has 1 fully saturated rings. The average molecular weight is 414 g/mol. The molecule has 27 heavy (non-hydrogen) atoms. The lowest BCUT2D eigenvalue weighted by molar-refractivity contribution is -0.145. The van der Waals surface area contributed by atoms with E-state index in [-0.39, 0.29) is 14.7 Å². The Labute approximate surface area is 168 Å². The highest BCUT2D eigenvalue weighted by Crippen LogP contribution is 2.48. The number of benzene rings is 1. The van der Waals surface area contributed by atoms with Gasteiger partial charge in [0.2, 0.25) is 5.91 Å². The van der Waals surface area contributed by atoms with Gasteiger partial charge in [0, 0.05) is 13.8 Å². The molecule has 1 saturated carbocycles. The Balaban J connectivity index is 0.000000445. The van der Waals surface area contributed by atoms with Gasteiger partial charge in [0.15, 0.2) is 6.04 Å². The second-order valence-electron chi connectivity index (χ2n) is 8.64. The van der Waals surface area contributed by atoms with Crippen LogP contribution < -0.4 is 5.32 Å². The number of hydrogen-bond acceptors (Lipinski definition) is 3. The first kappa shape index (κ1) is 23.7. The van der Waals surface area contributed by atoms with E-state index >= 15 is 0 Å². The van der Waals surface area contributed by atoms with E-state index in [0.29, 0.717) is 22.9 Å². The molecule has 3 N–H and O–H groups in total. The number of aliphatic hydroxyl groups is 1. The molecule has 1 aromatic carbocycles. The Morgan fingerprint density at radius 2 is 1.78 bits per heavy atom. The number of halogens is 1. The standard InChI is InChI=1S/C14H16ClNO4.C6H16Si/c1-8(17)11(12(18)19)16-13(20)14(5-6-14)9-3-2-4-10(15)7-9;1-6(2,3)7(4)5/h2-4,7-8,11,17H,5-6H2,1H3,(H,16,20)(H,18,19);7H,1-5H3/t8?,11-;/m0./s1. The first-order chi connectivity index (χ1) is 12.3. The molecule has 1 amide bonds. The van der Waals surface area contributed by atoms with Crippen molar-refractivity contribution in [2.75, 3.05) is 0 Å². The third kappa shape index (κ3) is 6.62. The monoisotopic (exact) mass is 413 g/mol. The molecule has 2 atom stereocenters. The van der Waals surface area contributed by atoms with Crippen molar-refractivity contribution in [1.29, 1.82) is 0 Å². The van der Waals surface area contributed by atoms with Crippen molar-refractivity contribution in [1.82, 2.24) is 5.32 Å². The van der Waals surface area contributed by atoms with Crippen molar-refractivity contribution in [2.24, 2.45) is 0 Å². The molecule has 0 spiro atoms. The number of carbonyl (C=O) groups is 2. The number of carboxylic acid groups (broad SMARTS) is 1. The zero-order valence-corrected chi connectivity index (χ0v) is 19.0. The summed E-state index contributed by atoms with van der Waals surface area (Å²) in [6.07, 6.45) is 0.128. The highest BCUT2D eigenvalue weighted by molar-refractivity contribution is 6.59. The second kappa shape index (κ2) is 9.21. The van der Waals surface area contributed by atoms with Crippen LogP contribution >= 0.6 is 11.6 Å². The maximum atomic E-state index is 12.3. The van der Waals surface area contributed by atoms with Gasteiger partial charge in [0.1, 0.15) is 0 Å². The average Bonchev–Trinajstić information content (AvgIpc) is 3.33. The highest BCUT2D eigenvalue weighted by Gasteiger charge is 2.52. The van der Waals surface area contributed by atoms with Gasteiger partial charge in [-0.05, 0) is 42.5 Å². The zero-order valence-electron chi connectivity index (χ0n) is 17.0. The number of aliphatic hydroxyl groups excluding tert-OH is 1. The van der Waals surface area contributed by atoms with Gasteiger partial charge in [-0.2, -0.15) is 0 Å². The van der Waals surface area contributed by atoms with Gasteiger partial charge >= 0.3 is 5.97 Å². The van der Waals surface area contributed by atoms with Gasteiger partial charge < -0.3 is 15.5 Å². The number of carboxylic acids is 1. The summed E-state index contributed by atoms with van der Waals surface area (Å²) < 4.78 is 0. The Hall–Kier alpha value is -1.37. The highest BCUT2D eigenvalue weighted by atomic mass is 35.5. The molecule has 0 bridgehead atoms. The number of carbonyl (C=O) groups excluding carboxylic acids is 1. The number of aliphatic carboxylic acids is 1. The van der Waals surface area contributed by atoms with Crippen LogP contribution in [0, 0.1) is 0 Å². The molecule has 5 nitrogen and oxygen atoms in total. The van der Waals surface area contributed by atoms with E-state index in [2.05, 4.69) is 39.2 Å². The van der Waals surface area contributed by atoms with Crippen molar-refractivity contribution >= 4 is 32.3 Å². The summed E-state index contributed by atoms with van der Waals surface area (Å²) in [5.41, 5.74) is 0.0604. The van der Waals surface area contributed by atoms with Gasteiger partial charge in [-0.1, -0.05) is 57.6 Å². The van der Waals surface area contributed by atoms with Gasteiger partial charge in [0.05, 0.1) is 11.5 Å². The van der Waals surface area contributed by atoms with Crippen molar-refractivity contribution in [3.05, 3.63) is 34.9 Å². The van der Waals surface area contributed by atoms with Gasteiger partial charge in [-0.3, -0.25) is 4.79 Å². The van der Waals surface area contributed by atoms with Crippen LogP contribution in [0.15, 0.2) is 24.3 Å². The quantitative estimate of drug-likeness (QED) is 0.643. The summed E-state index contributed by atoms with van der Waals surface area (Å²) in [4.78, 5) is 23.3. The maximum Gasteiger partial charge on any atom is 0.328 e. The topological polar surface area (TPSA) is 86.6 Å². The first-order valence-corrected chi connectivity index (χ1v) is 12.6. The van der Waals surface area contributed by atoms with Crippen molar-refractivity contribution in [3.8, 4) is 0 Å². The number of rotatable bonds is 5. The molecular weight excluding hydrogens is 382 g/mol. The third-order valence-corrected chi connectivity index (χ3v) is 9.03. The van der Waals surface area contributed by atoms with Crippen LogP contribution in [0.1, 0.15) is 46.1 Å². The minimum Gasteiger partial charge on any atom is -0.480 e. The Morgan fingerprint density at radius 1 is 1.26 bits per heavy atom. The normalized spacial score (nSPS) is 17.4. The van der Waals surface area contributed by atoms with Crippen LogP contribution in [0.25, 0.3) is 0 Å². The van der Waals surface area contributed by atoms with E-state index in [0.717, 1.165) is 5.56 Å². The predicted molar refractivity (Wildman–Crippen MR) is 112 cm³/mol. The van der Waals surface area contributed by atoms with Crippen molar-refractivity contribution in [2.45, 2.75) is 76.2 Å². The number of amides is 1. The molecule has 0 heterocycles. The van der Waals surface area contributed by atoms with Crippen molar-refractivity contribution in [3.63, 3.8) is 0 Å². The molecule has 1 aromatic rings. The van der Waals surface area contributed by atoms with E-state index in [1.807, 2.05) is 0 Å². The lowest BCUT2D eigenvalue weighted by atomic mass is 9.94. The molecule has 7 heteroatoms. The zero-order chi connectivity index (χ0) is 21.0. The Kier molecular flexibility index (Phi) is 8.08. The summed E-state index contributed by atoms with van der Waals surface area (Å²) >= 11 is 5.92. The summed E-state index contributed by atoms with van der Waals surface area (Å²) in [6.45, 7) is 13.1.